The fourth-order valence-corrected chi connectivity index (χ4v) is 0. The Morgan fingerprint density at radius 3 is 1.14 bits per heavy atom. The summed E-state index contributed by atoms with van der Waals surface area (Å²) in [6.45, 7) is 0. The van der Waals surface area contributed by atoms with Crippen molar-refractivity contribution in [1.82, 2.24) is 0 Å². The molecule has 0 unspecified atom stereocenters. The van der Waals surface area contributed by atoms with Crippen LogP contribution in [0.4, 0.5) is 0 Å². The van der Waals surface area contributed by atoms with Crippen molar-refractivity contribution >= 4 is 10.4 Å². The fraction of sp³-hybridized carbons (Fsp3) is 0. The van der Waals surface area contributed by atoms with Crippen molar-refractivity contribution < 1.29 is 57.6 Å². The first-order valence-corrected chi connectivity index (χ1v) is 2.00. The molecular weight excluding hydrogens is 332 g/mol. The molecule has 0 aromatic carbocycles. The van der Waals surface area contributed by atoms with Crippen LogP contribution >= 0.6 is 0 Å². The second-order valence-electron chi connectivity index (χ2n) is 0.408. The zero-order valence-corrected chi connectivity index (χ0v) is 10.2. The van der Waals surface area contributed by atoms with E-state index in [2.05, 4.69) is 0 Å². The Kier molecular flexibility index (Phi) is 11.7. The number of hydrogen-bond acceptors (Lipinski definition) is 4. The standard InChI is InChI=1S/ClH.Hg.H2O4S/c;;1-5(2,3)4/h1H;;(H2,1,2,3,4)/q;+3;/p-3. The molecule has 0 fully saturated rings. The van der Waals surface area contributed by atoms with Gasteiger partial charge in [0, 0.05) is 10.4 Å². The number of hydrogen-bond donors (Lipinski definition) is 0. The Morgan fingerprint density at radius 2 is 1.14 bits per heavy atom. The van der Waals surface area contributed by atoms with Crippen LogP contribution in [0.25, 0.3) is 0 Å². The summed E-state index contributed by atoms with van der Waals surface area (Å²) in [5.41, 5.74) is 0. The van der Waals surface area contributed by atoms with Crippen molar-refractivity contribution in [3.8, 4) is 0 Å². The van der Waals surface area contributed by atoms with E-state index in [1.807, 2.05) is 0 Å². The van der Waals surface area contributed by atoms with Gasteiger partial charge in [-0.25, -0.2) is 0 Å². The molecule has 0 atom stereocenters. The summed E-state index contributed by atoms with van der Waals surface area (Å²) in [6.07, 6.45) is 0. The zero-order valence-electron chi connectivity index (χ0n) is 3.13. The third-order valence-corrected chi connectivity index (χ3v) is 0. The van der Waals surface area contributed by atoms with Crippen LogP contribution in [0.1, 0.15) is 0 Å². The fourth-order valence-electron chi connectivity index (χ4n) is 0. The number of halogens is 1. The van der Waals surface area contributed by atoms with E-state index in [4.69, 9.17) is 17.5 Å². The summed E-state index contributed by atoms with van der Waals surface area (Å²) in [7, 11) is -5.17. The topological polar surface area (TPSA) is 80.3 Å². The predicted molar refractivity (Wildman–Crippen MR) is 10.5 cm³/mol. The van der Waals surface area contributed by atoms with Gasteiger partial charge in [-0.3, -0.25) is 8.42 Å². The molecular formula is ClHgO4S. The molecule has 7 heavy (non-hydrogen) atoms. The molecule has 0 aromatic heterocycles. The Balaban J connectivity index is -0.0000000800. The maximum atomic E-state index is 8.52. The molecule has 7 heteroatoms. The molecule has 39 valence electrons. The van der Waals surface area contributed by atoms with Gasteiger partial charge < -0.3 is 21.5 Å². The van der Waals surface area contributed by atoms with Crippen LogP contribution in [-0.4, -0.2) is 17.5 Å². The van der Waals surface area contributed by atoms with Gasteiger partial charge in [-0.2, -0.15) is 0 Å². The molecule has 4 nitrogen and oxygen atoms in total. The molecule has 0 radical (unpaired) electrons. The monoisotopic (exact) mass is 333 g/mol. The molecule has 0 aliphatic rings. The van der Waals surface area contributed by atoms with Gasteiger partial charge in [0.15, 0.2) is 0 Å². The Morgan fingerprint density at radius 1 is 1.14 bits per heavy atom. The van der Waals surface area contributed by atoms with Crippen LogP contribution in [0.2, 0.25) is 0 Å². The van der Waals surface area contributed by atoms with Crippen LogP contribution in [0, 0.1) is 0 Å². The summed E-state index contributed by atoms with van der Waals surface area (Å²) < 4.78 is 34.1. The first kappa shape index (κ1) is 15.7. The molecule has 0 rings (SSSR count). The molecule has 0 saturated heterocycles. The Labute approximate surface area is 67.8 Å². The SMILES string of the molecule is O=S(=O)([O-])[O-].[Cl-].[Hg+3]. The van der Waals surface area contributed by atoms with E-state index in [-0.39, 0.29) is 40.1 Å². The average Bonchev–Trinajstić information content (AvgIpc) is 0.722. The summed E-state index contributed by atoms with van der Waals surface area (Å²) in [4.78, 5) is 0. The first-order chi connectivity index (χ1) is 2.00. The Hall–Kier alpha value is 1.10. The van der Waals surface area contributed by atoms with Gasteiger partial charge in [-0.15, -0.1) is 0 Å². The molecule has 0 N–H and O–H groups in total. The van der Waals surface area contributed by atoms with Gasteiger partial charge in [-0.1, -0.05) is 0 Å². The van der Waals surface area contributed by atoms with Gasteiger partial charge in [0.1, 0.15) is 0 Å². The second-order valence-corrected chi connectivity index (χ2v) is 1.22. The minimum Gasteiger partial charge on any atom is -1.00 e. The van der Waals surface area contributed by atoms with Gasteiger partial charge in [0.2, 0.25) is 0 Å². The molecule has 0 bridgehead atoms. The van der Waals surface area contributed by atoms with Gasteiger partial charge in [0.25, 0.3) is 0 Å². The van der Waals surface area contributed by atoms with Crippen LogP contribution in [0.5, 0.6) is 0 Å². The molecule has 0 amide bonds. The van der Waals surface area contributed by atoms with E-state index in [1.165, 1.54) is 0 Å². The van der Waals surface area contributed by atoms with Gasteiger partial charge in [0.05, 0.1) is 0 Å². The normalized spacial score (nSPS) is 8.29. The summed E-state index contributed by atoms with van der Waals surface area (Å²) >= 11 is 0. The third-order valence-electron chi connectivity index (χ3n) is 0. The van der Waals surface area contributed by atoms with Crippen molar-refractivity contribution in [2.24, 2.45) is 0 Å². The van der Waals surface area contributed by atoms with Crippen molar-refractivity contribution in [3.05, 3.63) is 0 Å². The van der Waals surface area contributed by atoms with Crippen LogP contribution in [0.3, 0.4) is 0 Å². The van der Waals surface area contributed by atoms with E-state index in [1.54, 1.807) is 0 Å². The molecule has 0 spiro atoms. The zero-order chi connectivity index (χ0) is 4.50. The molecule has 0 aromatic rings. The van der Waals surface area contributed by atoms with Crippen LogP contribution in [0.15, 0.2) is 0 Å². The van der Waals surface area contributed by atoms with E-state index in [0.29, 0.717) is 0 Å². The molecule has 0 heterocycles. The third kappa shape index (κ3) is 154. The van der Waals surface area contributed by atoms with Gasteiger partial charge >= 0.3 is 27.7 Å². The minimum atomic E-state index is -5.17. The quantitative estimate of drug-likeness (QED) is 0.255. The van der Waals surface area contributed by atoms with E-state index < -0.39 is 10.4 Å². The van der Waals surface area contributed by atoms with Crippen molar-refractivity contribution in [2.45, 2.75) is 0 Å². The minimum absolute atomic E-state index is 0. The average molecular weight is 332 g/mol. The van der Waals surface area contributed by atoms with Crippen molar-refractivity contribution in [1.29, 1.82) is 0 Å². The van der Waals surface area contributed by atoms with Crippen LogP contribution in [-0.2, 0) is 38.1 Å². The predicted octanol–water partition coefficient (Wildman–Crippen LogP) is -4.34. The smallest absolute Gasteiger partial charge is 1.00 e. The molecule has 0 aliphatic heterocycles. The molecule has 0 saturated carbocycles. The second kappa shape index (κ2) is 5.24. The van der Waals surface area contributed by atoms with Crippen molar-refractivity contribution in [2.75, 3.05) is 0 Å². The van der Waals surface area contributed by atoms with E-state index in [0.717, 1.165) is 0 Å². The summed E-state index contributed by atoms with van der Waals surface area (Å²) in [5.74, 6) is 0. The first-order valence-electron chi connectivity index (χ1n) is 0.667. The van der Waals surface area contributed by atoms with Crippen molar-refractivity contribution in [3.63, 3.8) is 0 Å². The maximum absolute atomic E-state index is 8.52. The number of rotatable bonds is 0. The van der Waals surface area contributed by atoms with Gasteiger partial charge in [-0.05, 0) is 0 Å². The summed E-state index contributed by atoms with van der Waals surface area (Å²) in [6, 6.07) is 0. The van der Waals surface area contributed by atoms with E-state index >= 15 is 0 Å². The summed E-state index contributed by atoms with van der Waals surface area (Å²) in [5, 5.41) is 0. The Bertz CT molecular complexity index is 94.9. The van der Waals surface area contributed by atoms with Crippen LogP contribution < -0.4 is 12.4 Å². The largest absolute Gasteiger partial charge is 3.00 e. The molecule has 0 aliphatic carbocycles. The maximum Gasteiger partial charge on any atom is 3.00 e. The van der Waals surface area contributed by atoms with E-state index in [9.17, 15) is 0 Å².